The Morgan fingerprint density at radius 3 is 2.33 bits per heavy atom. The molecule has 3 aromatic carbocycles. The van der Waals surface area contributed by atoms with Gasteiger partial charge in [0.05, 0.1) is 7.11 Å². The Bertz CT molecular complexity index is 1090. The van der Waals surface area contributed by atoms with Gasteiger partial charge in [0.1, 0.15) is 11.5 Å². The van der Waals surface area contributed by atoms with Crippen LogP contribution >= 0.6 is 0 Å². The summed E-state index contributed by atoms with van der Waals surface area (Å²) in [5.74, 6) is 1.10. The molecule has 4 rings (SSSR count). The first kappa shape index (κ1) is 22.9. The van der Waals surface area contributed by atoms with E-state index in [1.54, 1.807) is 14.0 Å². The van der Waals surface area contributed by atoms with Gasteiger partial charge in [-0.05, 0) is 78.6 Å². The fraction of sp³-hybridized carbons (Fsp3) is 0.345. The van der Waals surface area contributed by atoms with E-state index in [-0.39, 0.29) is 5.92 Å². The lowest BCUT2D eigenvalue weighted by atomic mass is 9.69. The predicted molar refractivity (Wildman–Crippen MR) is 130 cm³/mol. The molecule has 1 unspecified atom stereocenters. The Hall–Kier alpha value is -3.27. The van der Waals surface area contributed by atoms with Gasteiger partial charge < -0.3 is 14.6 Å². The quantitative estimate of drug-likeness (QED) is 0.426. The molecule has 3 atom stereocenters. The Kier molecular flexibility index (Phi) is 6.73. The van der Waals surface area contributed by atoms with E-state index in [1.165, 1.54) is 22.3 Å². The number of rotatable bonds is 8. The number of hydrogen-bond acceptors (Lipinski definition) is 3. The van der Waals surface area contributed by atoms with Crippen molar-refractivity contribution in [2.45, 2.75) is 57.0 Å². The van der Waals surface area contributed by atoms with Gasteiger partial charge in [0, 0.05) is 5.92 Å². The third kappa shape index (κ3) is 4.75. The molecule has 4 nitrogen and oxygen atoms in total. The molecule has 172 valence electrons. The molecule has 1 aliphatic rings. The number of fused-ring (bicyclic) bond motifs is 1. The molecule has 0 bridgehead atoms. The first-order chi connectivity index (χ1) is 15.9. The van der Waals surface area contributed by atoms with Gasteiger partial charge in [-0.3, -0.25) is 0 Å². The lowest BCUT2D eigenvalue weighted by Gasteiger charge is -2.35. The van der Waals surface area contributed by atoms with Crippen molar-refractivity contribution in [3.05, 3.63) is 95.1 Å². The van der Waals surface area contributed by atoms with E-state index in [2.05, 4.69) is 54.6 Å². The Labute approximate surface area is 196 Å². The van der Waals surface area contributed by atoms with Crippen molar-refractivity contribution >= 4 is 5.97 Å². The molecule has 0 aliphatic heterocycles. The number of ether oxygens (including phenoxy) is 2. The van der Waals surface area contributed by atoms with Gasteiger partial charge in [-0.15, -0.1) is 0 Å². The maximum absolute atomic E-state index is 11.8. The van der Waals surface area contributed by atoms with Crippen molar-refractivity contribution < 1.29 is 19.4 Å². The summed E-state index contributed by atoms with van der Waals surface area (Å²) in [5, 5.41) is 9.66. The maximum Gasteiger partial charge on any atom is 0.347 e. The molecule has 0 radical (unpaired) electrons. The second-order valence-corrected chi connectivity index (χ2v) is 9.06. The fourth-order valence-corrected chi connectivity index (χ4v) is 5.08. The SMILES string of the molecule is CCCC(C)(Oc1ccc([C@@H]2c3ccc(OC)cc3CC[C@@H]2c2ccccc2)cc1)C(=O)O. The molecule has 33 heavy (non-hydrogen) atoms. The molecule has 0 aromatic heterocycles. The Morgan fingerprint density at radius 2 is 1.70 bits per heavy atom. The summed E-state index contributed by atoms with van der Waals surface area (Å²) >= 11 is 0. The van der Waals surface area contributed by atoms with Gasteiger partial charge in [0.2, 0.25) is 5.60 Å². The topological polar surface area (TPSA) is 55.8 Å². The van der Waals surface area contributed by atoms with Crippen molar-refractivity contribution in [3.63, 3.8) is 0 Å². The minimum Gasteiger partial charge on any atom is -0.497 e. The Morgan fingerprint density at radius 1 is 1.00 bits per heavy atom. The van der Waals surface area contributed by atoms with E-state index >= 15 is 0 Å². The smallest absolute Gasteiger partial charge is 0.347 e. The number of carbonyl (C=O) groups is 1. The highest BCUT2D eigenvalue weighted by atomic mass is 16.5. The van der Waals surface area contributed by atoms with Crippen LogP contribution in [0.4, 0.5) is 0 Å². The van der Waals surface area contributed by atoms with E-state index < -0.39 is 11.6 Å². The van der Waals surface area contributed by atoms with Gasteiger partial charge >= 0.3 is 5.97 Å². The zero-order valence-electron chi connectivity index (χ0n) is 19.6. The van der Waals surface area contributed by atoms with E-state index in [9.17, 15) is 9.90 Å². The zero-order chi connectivity index (χ0) is 23.4. The molecule has 1 N–H and O–H groups in total. The first-order valence-corrected chi connectivity index (χ1v) is 11.7. The number of carboxylic acid groups (broad SMARTS) is 1. The van der Waals surface area contributed by atoms with Crippen molar-refractivity contribution in [2.24, 2.45) is 0 Å². The van der Waals surface area contributed by atoms with Crippen LogP contribution in [0.25, 0.3) is 0 Å². The molecular formula is C29H32O4. The van der Waals surface area contributed by atoms with Crippen LogP contribution in [0.1, 0.15) is 67.2 Å². The summed E-state index contributed by atoms with van der Waals surface area (Å²) in [4.78, 5) is 11.8. The van der Waals surface area contributed by atoms with Crippen LogP contribution < -0.4 is 9.47 Å². The van der Waals surface area contributed by atoms with Crippen LogP contribution in [0.3, 0.4) is 0 Å². The maximum atomic E-state index is 11.8. The summed E-state index contributed by atoms with van der Waals surface area (Å²) in [7, 11) is 1.71. The van der Waals surface area contributed by atoms with Gasteiger partial charge in [-0.2, -0.15) is 0 Å². The standard InChI is InChI=1S/C29H32O4/c1-4-18-29(2,28(30)31)33-23-13-10-21(11-14-23)27-25(20-8-6-5-7-9-20)16-12-22-19-24(32-3)15-17-26(22)27/h5-11,13-15,17,19,25,27H,4,12,16,18H2,1-3H3,(H,30,31)/t25-,27+,29?/m1/s1. The highest BCUT2D eigenvalue weighted by Crippen LogP contribution is 2.47. The van der Waals surface area contributed by atoms with Crippen molar-refractivity contribution in [2.75, 3.05) is 7.11 Å². The van der Waals surface area contributed by atoms with Crippen LogP contribution in [-0.2, 0) is 11.2 Å². The number of benzene rings is 3. The van der Waals surface area contributed by atoms with Crippen LogP contribution in [0.5, 0.6) is 11.5 Å². The van der Waals surface area contributed by atoms with E-state index in [0.29, 0.717) is 18.1 Å². The molecule has 0 amide bonds. The highest BCUT2D eigenvalue weighted by Gasteiger charge is 2.35. The molecule has 0 spiro atoms. The first-order valence-electron chi connectivity index (χ1n) is 11.7. The van der Waals surface area contributed by atoms with Crippen LogP contribution in [0.2, 0.25) is 0 Å². The number of aliphatic carboxylic acids is 1. The van der Waals surface area contributed by atoms with Gasteiger partial charge in [-0.1, -0.05) is 61.9 Å². The lowest BCUT2D eigenvalue weighted by Crippen LogP contribution is -2.41. The summed E-state index contributed by atoms with van der Waals surface area (Å²) in [6.07, 6.45) is 3.26. The number of methoxy groups -OCH3 is 1. The molecule has 3 aromatic rings. The van der Waals surface area contributed by atoms with Gasteiger partial charge in [0.25, 0.3) is 0 Å². The molecule has 0 fully saturated rings. The third-order valence-electron chi connectivity index (χ3n) is 6.80. The van der Waals surface area contributed by atoms with Crippen LogP contribution in [0, 0.1) is 0 Å². The average molecular weight is 445 g/mol. The van der Waals surface area contributed by atoms with E-state index in [1.807, 2.05) is 25.1 Å². The third-order valence-corrected chi connectivity index (χ3v) is 6.80. The summed E-state index contributed by atoms with van der Waals surface area (Å²) in [6.45, 7) is 3.61. The Balaban J connectivity index is 1.70. The summed E-state index contributed by atoms with van der Waals surface area (Å²) < 4.78 is 11.4. The molecule has 1 aliphatic carbocycles. The van der Waals surface area contributed by atoms with Gasteiger partial charge in [-0.25, -0.2) is 4.79 Å². The van der Waals surface area contributed by atoms with Crippen LogP contribution in [0.15, 0.2) is 72.8 Å². The molecular weight excluding hydrogens is 412 g/mol. The minimum absolute atomic E-state index is 0.206. The largest absolute Gasteiger partial charge is 0.497 e. The normalized spacial score (nSPS) is 19.2. The second-order valence-electron chi connectivity index (χ2n) is 9.06. The summed E-state index contributed by atoms with van der Waals surface area (Å²) in [5.41, 5.74) is 3.97. The molecule has 4 heteroatoms. The van der Waals surface area contributed by atoms with Crippen molar-refractivity contribution in [1.82, 2.24) is 0 Å². The number of aryl methyl sites for hydroxylation is 1. The van der Waals surface area contributed by atoms with Crippen molar-refractivity contribution in [3.8, 4) is 11.5 Å². The average Bonchev–Trinajstić information content (AvgIpc) is 2.84. The van der Waals surface area contributed by atoms with E-state index in [0.717, 1.165) is 25.0 Å². The molecule has 0 saturated carbocycles. The zero-order valence-corrected chi connectivity index (χ0v) is 19.6. The van der Waals surface area contributed by atoms with Crippen molar-refractivity contribution in [1.29, 1.82) is 0 Å². The minimum atomic E-state index is -1.23. The molecule has 0 heterocycles. The summed E-state index contributed by atoms with van der Waals surface area (Å²) in [6, 6.07) is 25.1. The number of carboxylic acids is 1. The van der Waals surface area contributed by atoms with E-state index in [4.69, 9.17) is 9.47 Å². The second kappa shape index (κ2) is 9.70. The lowest BCUT2D eigenvalue weighted by molar-refractivity contribution is -0.154. The highest BCUT2D eigenvalue weighted by molar-refractivity contribution is 5.77. The van der Waals surface area contributed by atoms with Gasteiger partial charge in [0.15, 0.2) is 0 Å². The monoisotopic (exact) mass is 444 g/mol. The molecule has 0 saturated heterocycles. The van der Waals surface area contributed by atoms with Crippen LogP contribution in [-0.4, -0.2) is 23.8 Å². The fourth-order valence-electron chi connectivity index (χ4n) is 5.08. The number of hydrogen-bond donors (Lipinski definition) is 1. The predicted octanol–water partition coefficient (Wildman–Crippen LogP) is 6.58.